The van der Waals surface area contributed by atoms with Crippen LogP contribution in [0.25, 0.3) is 0 Å². The summed E-state index contributed by atoms with van der Waals surface area (Å²) in [5.74, 6) is -2.30. The minimum atomic E-state index is -0.931. The highest BCUT2D eigenvalue weighted by Gasteiger charge is 2.27. The van der Waals surface area contributed by atoms with Crippen molar-refractivity contribution in [2.75, 3.05) is 13.1 Å². The molecule has 2 atom stereocenters. The summed E-state index contributed by atoms with van der Waals surface area (Å²) in [5.41, 5.74) is 0.506. The van der Waals surface area contributed by atoms with Crippen LogP contribution in [0.15, 0.2) is 18.2 Å². The Kier molecular flexibility index (Phi) is 5.11. The van der Waals surface area contributed by atoms with Crippen LogP contribution in [0, 0.1) is 17.6 Å². The first kappa shape index (κ1) is 16.4. The van der Waals surface area contributed by atoms with Gasteiger partial charge in [0.1, 0.15) is 0 Å². The van der Waals surface area contributed by atoms with E-state index in [1.165, 1.54) is 13.0 Å². The van der Waals surface area contributed by atoms with Gasteiger partial charge in [-0.1, -0.05) is 6.07 Å². The highest BCUT2D eigenvalue weighted by Crippen LogP contribution is 2.20. The van der Waals surface area contributed by atoms with E-state index >= 15 is 0 Å². The maximum atomic E-state index is 13.2. The summed E-state index contributed by atoms with van der Waals surface area (Å²) >= 11 is 0. The van der Waals surface area contributed by atoms with Gasteiger partial charge in [-0.15, -0.1) is 0 Å². The van der Waals surface area contributed by atoms with Gasteiger partial charge in [0.05, 0.1) is 12.0 Å². The molecule has 2 amide bonds. The van der Waals surface area contributed by atoms with Crippen molar-refractivity contribution in [2.45, 2.75) is 32.7 Å². The topological polar surface area (TPSA) is 49.4 Å². The third kappa shape index (κ3) is 3.81. The van der Waals surface area contributed by atoms with Crippen LogP contribution in [-0.2, 0) is 9.59 Å². The first-order chi connectivity index (χ1) is 10.4. The third-order valence-corrected chi connectivity index (χ3v) is 4.04. The molecule has 1 aromatic rings. The molecular formula is C16H20F2N2O2. The van der Waals surface area contributed by atoms with Crippen molar-refractivity contribution in [3.8, 4) is 0 Å². The zero-order chi connectivity index (χ0) is 16.3. The molecule has 1 heterocycles. The van der Waals surface area contributed by atoms with Gasteiger partial charge >= 0.3 is 0 Å². The Labute approximate surface area is 128 Å². The number of nitrogens with one attached hydrogen (secondary N) is 1. The Morgan fingerprint density at radius 2 is 2.05 bits per heavy atom. The lowest BCUT2D eigenvalue weighted by Gasteiger charge is -2.32. The highest BCUT2D eigenvalue weighted by molar-refractivity contribution is 5.81. The van der Waals surface area contributed by atoms with E-state index in [1.807, 2.05) is 0 Å². The maximum absolute atomic E-state index is 13.2. The van der Waals surface area contributed by atoms with Gasteiger partial charge in [0, 0.05) is 20.0 Å². The van der Waals surface area contributed by atoms with Crippen LogP contribution in [0.1, 0.15) is 38.3 Å². The van der Waals surface area contributed by atoms with Crippen LogP contribution in [0.2, 0.25) is 0 Å². The number of nitrogens with zero attached hydrogens (tertiary/aromatic N) is 1. The van der Waals surface area contributed by atoms with Gasteiger partial charge in [0.25, 0.3) is 0 Å². The number of hydrogen-bond donors (Lipinski definition) is 1. The maximum Gasteiger partial charge on any atom is 0.225 e. The summed E-state index contributed by atoms with van der Waals surface area (Å²) in [7, 11) is 0. The predicted molar refractivity (Wildman–Crippen MR) is 77.9 cm³/mol. The molecule has 1 saturated heterocycles. The van der Waals surface area contributed by atoms with Gasteiger partial charge < -0.3 is 10.2 Å². The summed E-state index contributed by atoms with van der Waals surface area (Å²) in [5, 5.41) is 2.81. The van der Waals surface area contributed by atoms with E-state index < -0.39 is 17.7 Å². The first-order valence-corrected chi connectivity index (χ1v) is 7.39. The molecular weight excluding hydrogens is 290 g/mol. The molecule has 1 aliphatic rings. The van der Waals surface area contributed by atoms with Gasteiger partial charge in [-0.25, -0.2) is 8.78 Å². The van der Waals surface area contributed by atoms with Crippen LogP contribution in [0.3, 0.4) is 0 Å². The van der Waals surface area contributed by atoms with E-state index in [1.54, 1.807) is 11.8 Å². The fourth-order valence-corrected chi connectivity index (χ4v) is 2.67. The molecule has 4 nitrogen and oxygen atoms in total. The lowest BCUT2D eigenvalue weighted by Crippen LogP contribution is -2.45. The molecule has 0 spiro atoms. The summed E-state index contributed by atoms with van der Waals surface area (Å²) in [6, 6.07) is 3.16. The Balaban J connectivity index is 1.98. The van der Waals surface area contributed by atoms with Crippen LogP contribution in [0.5, 0.6) is 0 Å². The first-order valence-electron chi connectivity index (χ1n) is 7.39. The molecule has 1 fully saturated rings. The van der Waals surface area contributed by atoms with Crippen molar-refractivity contribution >= 4 is 11.8 Å². The standard InChI is InChI=1S/C16H20F2N2O2/c1-10(12-5-6-14(17)15(18)8-12)19-16(22)13-4-3-7-20(9-13)11(2)21/h5-6,8,10,13H,3-4,7,9H2,1-2H3,(H,19,22)/t10-,13+/m1/s1. The van der Waals surface area contributed by atoms with Crippen LogP contribution < -0.4 is 5.32 Å². The smallest absolute Gasteiger partial charge is 0.225 e. The van der Waals surface area contributed by atoms with Gasteiger partial charge in [0.2, 0.25) is 11.8 Å². The number of carbonyl (C=O) groups excluding carboxylic acids is 2. The van der Waals surface area contributed by atoms with Crippen molar-refractivity contribution < 1.29 is 18.4 Å². The van der Waals surface area contributed by atoms with Crippen molar-refractivity contribution in [1.29, 1.82) is 0 Å². The molecule has 0 radical (unpaired) electrons. The fourth-order valence-electron chi connectivity index (χ4n) is 2.67. The number of benzene rings is 1. The molecule has 0 aliphatic carbocycles. The van der Waals surface area contributed by atoms with Crippen LogP contribution in [-0.4, -0.2) is 29.8 Å². The number of hydrogen-bond acceptors (Lipinski definition) is 2. The van der Waals surface area contributed by atoms with Crippen LogP contribution >= 0.6 is 0 Å². The molecule has 6 heteroatoms. The zero-order valence-corrected chi connectivity index (χ0v) is 12.7. The average molecular weight is 310 g/mol. The Bertz CT molecular complexity index is 577. The summed E-state index contributed by atoms with van der Waals surface area (Å²) in [4.78, 5) is 25.3. The van der Waals surface area contributed by atoms with E-state index in [-0.39, 0.29) is 17.7 Å². The fraction of sp³-hybridized carbons (Fsp3) is 0.500. The van der Waals surface area contributed by atoms with E-state index in [9.17, 15) is 18.4 Å². The largest absolute Gasteiger partial charge is 0.349 e. The second kappa shape index (κ2) is 6.85. The van der Waals surface area contributed by atoms with Crippen molar-refractivity contribution in [2.24, 2.45) is 5.92 Å². The molecule has 2 rings (SSSR count). The minimum Gasteiger partial charge on any atom is -0.349 e. The van der Waals surface area contributed by atoms with Crippen molar-refractivity contribution in [1.82, 2.24) is 10.2 Å². The second-order valence-electron chi connectivity index (χ2n) is 5.71. The van der Waals surface area contributed by atoms with E-state index in [2.05, 4.69) is 5.32 Å². The monoisotopic (exact) mass is 310 g/mol. The predicted octanol–water partition coefficient (Wildman–Crippen LogP) is 2.40. The molecule has 0 unspecified atom stereocenters. The Hall–Kier alpha value is -1.98. The summed E-state index contributed by atoms with van der Waals surface area (Å²) < 4.78 is 26.2. The summed E-state index contributed by atoms with van der Waals surface area (Å²) in [6.07, 6.45) is 1.51. The van der Waals surface area contributed by atoms with Crippen molar-refractivity contribution in [3.05, 3.63) is 35.4 Å². The summed E-state index contributed by atoms with van der Waals surface area (Å²) in [6.45, 7) is 4.30. The lowest BCUT2D eigenvalue weighted by molar-refractivity contribution is -0.134. The molecule has 1 aromatic carbocycles. The molecule has 0 bridgehead atoms. The minimum absolute atomic E-state index is 0.0360. The number of likely N-dealkylation sites (tertiary alicyclic amines) is 1. The van der Waals surface area contributed by atoms with E-state index in [4.69, 9.17) is 0 Å². The Morgan fingerprint density at radius 3 is 2.68 bits per heavy atom. The molecule has 22 heavy (non-hydrogen) atoms. The highest BCUT2D eigenvalue weighted by atomic mass is 19.2. The van der Waals surface area contributed by atoms with E-state index in [0.29, 0.717) is 18.7 Å². The van der Waals surface area contributed by atoms with Gasteiger partial charge in [-0.2, -0.15) is 0 Å². The number of piperidine rings is 1. The number of rotatable bonds is 3. The Morgan fingerprint density at radius 1 is 1.32 bits per heavy atom. The number of halogens is 2. The third-order valence-electron chi connectivity index (χ3n) is 4.04. The van der Waals surface area contributed by atoms with E-state index in [0.717, 1.165) is 25.0 Å². The number of carbonyl (C=O) groups is 2. The molecule has 1 aliphatic heterocycles. The molecule has 1 N–H and O–H groups in total. The van der Waals surface area contributed by atoms with Crippen LogP contribution in [0.4, 0.5) is 8.78 Å². The number of amides is 2. The normalized spacial score (nSPS) is 19.6. The molecule has 0 saturated carbocycles. The van der Waals surface area contributed by atoms with Crippen molar-refractivity contribution in [3.63, 3.8) is 0 Å². The zero-order valence-electron chi connectivity index (χ0n) is 12.7. The molecule has 120 valence electrons. The second-order valence-corrected chi connectivity index (χ2v) is 5.71. The molecule has 0 aromatic heterocycles. The quantitative estimate of drug-likeness (QED) is 0.932. The average Bonchev–Trinajstić information content (AvgIpc) is 2.50. The van der Waals surface area contributed by atoms with Gasteiger partial charge in [-0.05, 0) is 37.5 Å². The SMILES string of the molecule is CC(=O)N1CCC[C@H](C(=O)N[C@H](C)c2ccc(F)c(F)c2)C1. The lowest BCUT2D eigenvalue weighted by atomic mass is 9.96. The van der Waals surface area contributed by atoms with Gasteiger partial charge in [0.15, 0.2) is 11.6 Å². The van der Waals surface area contributed by atoms with Gasteiger partial charge in [-0.3, -0.25) is 9.59 Å².